The zero-order chi connectivity index (χ0) is 11.7. The van der Waals surface area contributed by atoms with Gasteiger partial charge in [-0.3, -0.25) is 4.68 Å². The summed E-state index contributed by atoms with van der Waals surface area (Å²) in [7, 11) is 0. The molecule has 90 valence electrons. The fraction of sp³-hybridized carbons (Fsp3) is 0.417. The maximum absolute atomic E-state index is 5.56. The molecule has 17 heavy (non-hydrogen) atoms. The topological polar surface area (TPSA) is 40.2 Å². The zero-order valence-electron chi connectivity index (χ0n) is 9.30. The monoisotopic (exact) mass is 296 g/mol. The summed E-state index contributed by atoms with van der Waals surface area (Å²) in [6.07, 6.45) is 8.69. The lowest BCUT2D eigenvalue weighted by Crippen LogP contribution is -2.04. The van der Waals surface area contributed by atoms with Crippen molar-refractivity contribution in [1.29, 1.82) is 0 Å². The van der Waals surface area contributed by atoms with Gasteiger partial charge >= 0.3 is 0 Å². The number of hydrogen-bond acceptors (Lipinski definition) is 3. The standard InChI is InChI=1S/C12H13BrN2O2/c13-11-5-6-12(17-11)16-10-7-14-15(8-10)9-3-1-2-4-9/h5-9H,1-4H2. The summed E-state index contributed by atoms with van der Waals surface area (Å²) in [6, 6.07) is 4.11. The predicted octanol–water partition coefficient (Wildman–Crippen LogP) is 4.15. The number of halogens is 1. The molecule has 1 aliphatic rings. The Morgan fingerprint density at radius 3 is 2.88 bits per heavy atom. The third-order valence-corrected chi connectivity index (χ3v) is 3.47. The maximum atomic E-state index is 5.56. The fourth-order valence-electron chi connectivity index (χ4n) is 2.21. The highest BCUT2D eigenvalue weighted by atomic mass is 79.9. The van der Waals surface area contributed by atoms with Crippen molar-refractivity contribution >= 4 is 15.9 Å². The molecular weight excluding hydrogens is 284 g/mol. The molecular formula is C12H13BrN2O2. The normalized spacial score (nSPS) is 16.5. The Labute approximate surface area is 108 Å². The minimum Gasteiger partial charge on any atom is -0.423 e. The minimum atomic E-state index is 0.475. The van der Waals surface area contributed by atoms with Gasteiger partial charge in [0.15, 0.2) is 10.4 Å². The van der Waals surface area contributed by atoms with Crippen molar-refractivity contribution in [2.75, 3.05) is 0 Å². The summed E-state index contributed by atoms with van der Waals surface area (Å²) < 4.78 is 13.5. The molecule has 0 saturated heterocycles. The molecule has 0 N–H and O–H groups in total. The molecule has 1 fully saturated rings. The van der Waals surface area contributed by atoms with Crippen LogP contribution in [0.5, 0.6) is 11.7 Å². The van der Waals surface area contributed by atoms with Gasteiger partial charge in [-0.1, -0.05) is 12.8 Å². The molecule has 1 saturated carbocycles. The van der Waals surface area contributed by atoms with E-state index in [1.165, 1.54) is 25.7 Å². The van der Waals surface area contributed by atoms with Crippen molar-refractivity contribution < 1.29 is 9.15 Å². The molecule has 0 aliphatic heterocycles. The van der Waals surface area contributed by atoms with Gasteiger partial charge in [0.05, 0.1) is 18.4 Å². The molecule has 0 atom stereocenters. The van der Waals surface area contributed by atoms with E-state index < -0.39 is 0 Å². The van der Waals surface area contributed by atoms with Crippen LogP contribution in [-0.4, -0.2) is 9.78 Å². The first-order valence-corrected chi connectivity index (χ1v) is 6.58. The number of hydrogen-bond donors (Lipinski definition) is 0. The summed E-state index contributed by atoms with van der Waals surface area (Å²) in [5.74, 6) is 1.20. The summed E-state index contributed by atoms with van der Waals surface area (Å²) in [5.41, 5.74) is 0. The first kappa shape index (κ1) is 10.9. The summed E-state index contributed by atoms with van der Waals surface area (Å²) in [4.78, 5) is 0. The van der Waals surface area contributed by atoms with Gasteiger partial charge < -0.3 is 9.15 Å². The van der Waals surface area contributed by atoms with Crippen molar-refractivity contribution in [2.45, 2.75) is 31.7 Å². The van der Waals surface area contributed by atoms with Gasteiger partial charge in [0.25, 0.3) is 5.95 Å². The molecule has 0 aromatic carbocycles. The van der Waals surface area contributed by atoms with Crippen LogP contribution in [0.3, 0.4) is 0 Å². The van der Waals surface area contributed by atoms with Crippen LogP contribution in [0.4, 0.5) is 0 Å². The Morgan fingerprint density at radius 1 is 1.35 bits per heavy atom. The van der Waals surface area contributed by atoms with Crippen molar-refractivity contribution in [1.82, 2.24) is 9.78 Å². The second kappa shape index (κ2) is 4.56. The lowest BCUT2D eigenvalue weighted by Gasteiger charge is -2.08. The molecule has 0 amide bonds. The predicted molar refractivity (Wildman–Crippen MR) is 66.2 cm³/mol. The van der Waals surface area contributed by atoms with E-state index in [-0.39, 0.29) is 0 Å². The van der Waals surface area contributed by atoms with Crippen LogP contribution in [0, 0.1) is 0 Å². The number of nitrogens with zero attached hydrogens (tertiary/aromatic N) is 2. The van der Waals surface area contributed by atoms with Gasteiger partial charge in [-0.15, -0.1) is 0 Å². The van der Waals surface area contributed by atoms with Gasteiger partial charge in [0, 0.05) is 6.07 Å². The second-order valence-electron chi connectivity index (χ2n) is 4.25. The molecule has 0 radical (unpaired) electrons. The van der Waals surface area contributed by atoms with Crippen LogP contribution in [0.25, 0.3) is 0 Å². The molecule has 2 aromatic heterocycles. The molecule has 0 bridgehead atoms. The number of furan rings is 1. The van der Waals surface area contributed by atoms with Crippen molar-refractivity contribution in [3.8, 4) is 11.7 Å². The number of ether oxygens (including phenoxy) is 1. The van der Waals surface area contributed by atoms with Crippen molar-refractivity contribution in [3.05, 3.63) is 29.2 Å². The molecule has 4 nitrogen and oxygen atoms in total. The van der Waals surface area contributed by atoms with E-state index in [1.54, 1.807) is 18.3 Å². The van der Waals surface area contributed by atoms with Crippen LogP contribution in [0.2, 0.25) is 0 Å². The zero-order valence-corrected chi connectivity index (χ0v) is 10.9. The molecule has 2 heterocycles. The van der Waals surface area contributed by atoms with Crippen LogP contribution >= 0.6 is 15.9 Å². The van der Waals surface area contributed by atoms with Crippen LogP contribution in [-0.2, 0) is 0 Å². The number of rotatable bonds is 3. The van der Waals surface area contributed by atoms with Crippen LogP contribution in [0.1, 0.15) is 31.7 Å². The van der Waals surface area contributed by atoms with Gasteiger partial charge in [-0.2, -0.15) is 5.10 Å². The van der Waals surface area contributed by atoms with E-state index in [4.69, 9.17) is 9.15 Å². The molecule has 0 spiro atoms. The number of aromatic nitrogens is 2. The molecule has 5 heteroatoms. The van der Waals surface area contributed by atoms with Crippen LogP contribution in [0.15, 0.2) is 33.6 Å². The largest absolute Gasteiger partial charge is 0.423 e. The first-order valence-electron chi connectivity index (χ1n) is 5.78. The van der Waals surface area contributed by atoms with Gasteiger partial charge in [0.1, 0.15) is 0 Å². The molecule has 0 unspecified atom stereocenters. The highest BCUT2D eigenvalue weighted by molar-refractivity contribution is 9.10. The summed E-state index contributed by atoms with van der Waals surface area (Å²) >= 11 is 3.24. The average Bonchev–Trinajstić information content (AvgIpc) is 3.00. The van der Waals surface area contributed by atoms with Gasteiger partial charge in [0.2, 0.25) is 0 Å². The Hall–Kier alpha value is -1.23. The van der Waals surface area contributed by atoms with E-state index in [9.17, 15) is 0 Å². The highest BCUT2D eigenvalue weighted by Crippen LogP contribution is 2.31. The van der Waals surface area contributed by atoms with Crippen molar-refractivity contribution in [3.63, 3.8) is 0 Å². The van der Waals surface area contributed by atoms with Gasteiger partial charge in [-0.25, -0.2) is 0 Å². The SMILES string of the molecule is Brc1ccc(Oc2cnn(C3CCCC3)c2)o1. The smallest absolute Gasteiger partial charge is 0.291 e. The Balaban J connectivity index is 1.71. The van der Waals surface area contributed by atoms with Crippen molar-refractivity contribution in [2.24, 2.45) is 0 Å². The van der Waals surface area contributed by atoms with Crippen LogP contribution < -0.4 is 4.74 Å². The second-order valence-corrected chi connectivity index (χ2v) is 5.04. The van der Waals surface area contributed by atoms with E-state index >= 15 is 0 Å². The average molecular weight is 297 g/mol. The first-order chi connectivity index (χ1) is 8.31. The van der Waals surface area contributed by atoms with E-state index in [0.29, 0.717) is 16.7 Å². The summed E-state index contributed by atoms with van der Waals surface area (Å²) in [6.45, 7) is 0. The lowest BCUT2D eigenvalue weighted by molar-refractivity contribution is 0.337. The highest BCUT2D eigenvalue weighted by Gasteiger charge is 2.18. The Bertz CT molecular complexity index is 500. The van der Waals surface area contributed by atoms with Gasteiger partial charge in [-0.05, 0) is 34.8 Å². The Morgan fingerprint density at radius 2 is 2.18 bits per heavy atom. The van der Waals surface area contributed by atoms with E-state index in [0.717, 1.165) is 5.75 Å². The van der Waals surface area contributed by atoms with E-state index in [1.807, 2.05) is 10.9 Å². The fourth-order valence-corrected chi connectivity index (χ4v) is 2.50. The molecule has 2 aromatic rings. The van der Waals surface area contributed by atoms with E-state index in [2.05, 4.69) is 21.0 Å². The minimum absolute atomic E-state index is 0.475. The summed E-state index contributed by atoms with van der Waals surface area (Å²) in [5, 5.41) is 4.34. The third kappa shape index (κ3) is 2.39. The third-order valence-electron chi connectivity index (χ3n) is 3.04. The molecule has 3 rings (SSSR count). The molecule has 1 aliphatic carbocycles. The quantitative estimate of drug-likeness (QED) is 0.854. The Kier molecular flexibility index (Phi) is 2.93. The maximum Gasteiger partial charge on any atom is 0.291 e. The lowest BCUT2D eigenvalue weighted by atomic mass is 10.3.